The van der Waals surface area contributed by atoms with Gasteiger partial charge in [0.05, 0.1) is 17.9 Å². The first-order chi connectivity index (χ1) is 16.3. The second kappa shape index (κ2) is 9.97. The van der Waals surface area contributed by atoms with E-state index in [0.717, 1.165) is 42.8 Å². The molecule has 1 aliphatic rings. The Labute approximate surface area is 201 Å². The third-order valence-electron chi connectivity index (χ3n) is 7.02. The van der Waals surface area contributed by atoms with Crippen molar-refractivity contribution >= 4 is 34.4 Å². The summed E-state index contributed by atoms with van der Waals surface area (Å²) in [6, 6.07) is 6.08. The monoisotopic (exact) mass is 464 g/mol. The van der Waals surface area contributed by atoms with Crippen molar-refractivity contribution in [1.82, 2.24) is 29.3 Å². The van der Waals surface area contributed by atoms with Crippen molar-refractivity contribution in [3.8, 4) is 0 Å². The Kier molecular flexibility index (Phi) is 7.02. The first-order valence-electron chi connectivity index (χ1n) is 12.1. The lowest BCUT2D eigenvalue weighted by Crippen LogP contribution is -2.42. The minimum Gasteiger partial charge on any atom is -0.372 e. The lowest BCUT2D eigenvalue weighted by Gasteiger charge is -2.35. The van der Waals surface area contributed by atoms with Gasteiger partial charge in [-0.3, -0.25) is 4.79 Å². The van der Waals surface area contributed by atoms with E-state index in [2.05, 4.69) is 64.5 Å². The summed E-state index contributed by atoms with van der Waals surface area (Å²) in [5.74, 6) is 1.60. The SMILES string of the molecule is CCC(C)[C@H]1CN(C)C(=O)c2cc3cnc(Nc4ccc(N(C)CCN(C)CC)cn4)nc3n21. The molecule has 34 heavy (non-hydrogen) atoms. The molecule has 1 amide bonds. The quantitative estimate of drug-likeness (QED) is 0.518. The van der Waals surface area contributed by atoms with Gasteiger partial charge in [-0.1, -0.05) is 27.2 Å². The standard InChI is InChI=1S/C25H36N8O/c1-7-17(3)21-16-32(6)24(34)20-13-18-14-27-25(29-23(18)33(20)21)28-22-10-9-19(15-26-22)31(5)12-11-30(4)8-2/h9-10,13-15,17,21H,7-8,11-12,16H2,1-6H3,(H,26,27,28,29)/t17?,21-/m1/s1. The molecule has 1 N–H and O–H groups in total. The molecule has 0 bridgehead atoms. The van der Waals surface area contributed by atoms with E-state index in [1.54, 1.807) is 11.1 Å². The molecule has 0 saturated carbocycles. The number of carbonyl (C=O) groups excluding carboxylic acids is 1. The average molecular weight is 465 g/mol. The molecule has 0 spiro atoms. The minimum absolute atomic E-state index is 0.0265. The molecule has 3 aromatic heterocycles. The highest BCUT2D eigenvalue weighted by atomic mass is 16.2. The lowest BCUT2D eigenvalue weighted by atomic mass is 9.96. The van der Waals surface area contributed by atoms with E-state index >= 15 is 0 Å². The fraction of sp³-hybridized carbons (Fsp3) is 0.520. The van der Waals surface area contributed by atoms with Gasteiger partial charge in [0.25, 0.3) is 5.91 Å². The summed E-state index contributed by atoms with van der Waals surface area (Å²) < 4.78 is 2.11. The molecule has 9 nitrogen and oxygen atoms in total. The molecule has 0 radical (unpaired) electrons. The van der Waals surface area contributed by atoms with Crippen LogP contribution in [-0.2, 0) is 0 Å². The van der Waals surface area contributed by atoms with Crippen LogP contribution in [0.2, 0.25) is 0 Å². The van der Waals surface area contributed by atoms with E-state index in [0.29, 0.717) is 29.9 Å². The highest BCUT2D eigenvalue weighted by Gasteiger charge is 2.33. The number of rotatable bonds is 9. The minimum atomic E-state index is 0.0265. The van der Waals surface area contributed by atoms with E-state index in [9.17, 15) is 4.79 Å². The molecule has 0 aromatic carbocycles. The maximum Gasteiger partial charge on any atom is 0.270 e. The van der Waals surface area contributed by atoms with Crippen molar-refractivity contribution in [2.24, 2.45) is 5.92 Å². The second-order valence-electron chi connectivity index (χ2n) is 9.35. The number of fused-ring (bicyclic) bond motifs is 3. The lowest BCUT2D eigenvalue weighted by molar-refractivity contribution is 0.0692. The molecule has 1 unspecified atom stereocenters. The third kappa shape index (κ3) is 4.70. The fourth-order valence-corrected chi connectivity index (χ4v) is 4.32. The van der Waals surface area contributed by atoms with E-state index in [1.807, 2.05) is 31.4 Å². The van der Waals surface area contributed by atoms with Gasteiger partial charge in [0, 0.05) is 45.3 Å². The number of anilines is 3. The smallest absolute Gasteiger partial charge is 0.270 e. The molecular formula is C25H36N8O. The maximum absolute atomic E-state index is 12.8. The van der Waals surface area contributed by atoms with Crippen molar-refractivity contribution in [3.05, 3.63) is 36.3 Å². The van der Waals surface area contributed by atoms with Crippen LogP contribution in [0.1, 0.15) is 43.7 Å². The summed E-state index contributed by atoms with van der Waals surface area (Å²) in [5.41, 5.74) is 2.53. The highest BCUT2D eigenvalue weighted by Crippen LogP contribution is 2.33. The number of nitrogens with zero attached hydrogens (tertiary/aromatic N) is 7. The number of carbonyl (C=O) groups is 1. The molecule has 0 fully saturated rings. The Morgan fingerprint density at radius 2 is 1.97 bits per heavy atom. The van der Waals surface area contributed by atoms with Crippen LogP contribution in [0.15, 0.2) is 30.6 Å². The fourth-order valence-electron chi connectivity index (χ4n) is 4.32. The first kappa shape index (κ1) is 23.9. The molecular weight excluding hydrogens is 428 g/mol. The number of aromatic nitrogens is 4. The first-order valence-corrected chi connectivity index (χ1v) is 12.1. The van der Waals surface area contributed by atoms with Gasteiger partial charge >= 0.3 is 0 Å². The zero-order valence-electron chi connectivity index (χ0n) is 21.1. The largest absolute Gasteiger partial charge is 0.372 e. The van der Waals surface area contributed by atoms with E-state index in [4.69, 9.17) is 4.98 Å². The van der Waals surface area contributed by atoms with Gasteiger partial charge in [-0.2, -0.15) is 4.98 Å². The average Bonchev–Trinajstić information content (AvgIpc) is 3.23. The number of likely N-dealkylation sites (N-methyl/N-ethyl adjacent to an activating group) is 3. The Bertz CT molecular complexity index is 1140. The van der Waals surface area contributed by atoms with Gasteiger partial charge in [-0.15, -0.1) is 0 Å². The zero-order valence-corrected chi connectivity index (χ0v) is 21.1. The molecule has 0 saturated heterocycles. The van der Waals surface area contributed by atoms with Gasteiger partial charge in [-0.25, -0.2) is 9.97 Å². The Hall–Kier alpha value is -3.20. The summed E-state index contributed by atoms with van der Waals surface area (Å²) in [6.07, 6.45) is 4.67. The normalized spacial score (nSPS) is 16.7. The Balaban J connectivity index is 1.56. The van der Waals surface area contributed by atoms with Gasteiger partial charge in [-0.05, 0) is 37.7 Å². The summed E-state index contributed by atoms with van der Waals surface area (Å²) in [4.78, 5) is 33.0. The van der Waals surface area contributed by atoms with Crippen LogP contribution in [0.5, 0.6) is 0 Å². The predicted molar refractivity (Wildman–Crippen MR) is 137 cm³/mol. The van der Waals surface area contributed by atoms with Crippen LogP contribution in [-0.4, -0.2) is 82.5 Å². The van der Waals surface area contributed by atoms with Crippen LogP contribution < -0.4 is 10.2 Å². The number of nitrogens with one attached hydrogen (secondary N) is 1. The third-order valence-corrected chi connectivity index (χ3v) is 7.02. The van der Waals surface area contributed by atoms with E-state index in [-0.39, 0.29) is 11.9 Å². The van der Waals surface area contributed by atoms with Crippen molar-refractivity contribution in [2.75, 3.05) is 57.5 Å². The van der Waals surface area contributed by atoms with Gasteiger partial charge < -0.3 is 24.6 Å². The highest BCUT2D eigenvalue weighted by molar-refractivity contribution is 5.98. The maximum atomic E-state index is 12.8. The van der Waals surface area contributed by atoms with Crippen molar-refractivity contribution < 1.29 is 4.79 Å². The van der Waals surface area contributed by atoms with Crippen molar-refractivity contribution in [2.45, 2.75) is 33.2 Å². The van der Waals surface area contributed by atoms with E-state index in [1.165, 1.54) is 0 Å². The summed E-state index contributed by atoms with van der Waals surface area (Å²) in [6.45, 7) is 10.2. The summed E-state index contributed by atoms with van der Waals surface area (Å²) in [7, 11) is 6.07. The van der Waals surface area contributed by atoms with Crippen LogP contribution in [0.4, 0.5) is 17.5 Å². The van der Waals surface area contributed by atoms with Crippen LogP contribution in [0, 0.1) is 5.92 Å². The van der Waals surface area contributed by atoms with Gasteiger partial charge in [0.15, 0.2) is 0 Å². The Morgan fingerprint density at radius 1 is 1.18 bits per heavy atom. The molecule has 4 rings (SSSR count). The molecule has 182 valence electrons. The van der Waals surface area contributed by atoms with Crippen LogP contribution >= 0.6 is 0 Å². The number of hydrogen-bond acceptors (Lipinski definition) is 7. The molecule has 4 heterocycles. The topological polar surface area (TPSA) is 82.4 Å². The molecule has 9 heteroatoms. The van der Waals surface area contributed by atoms with E-state index < -0.39 is 0 Å². The number of hydrogen-bond donors (Lipinski definition) is 1. The summed E-state index contributed by atoms with van der Waals surface area (Å²) in [5, 5.41) is 4.10. The number of pyridine rings is 1. The van der Waals surface area contributed by atoms with Crippen LogP contribution in [0.3, 0.4) is 0 Å². The number of amides is 1. The molecule has 1 aliphatic heterocycles. The van der Waals surface area contributed by atoms with Gasteiger partial charge in [0.2, 0.25) is 5.95 Å². The second-order valence-corrected chi connectivity index (χ2v) is 9.35. The van der Waals surface area contributed by atoms with Crippen molar-refractivity contribution in [1.29, 1.82) is 0 Å². The van der Waals surface area contributed by atoms with Crippen LogP contribution in [0.25, 0.3) is 11.0 Å². The molecule has 0 aliphatic carbocycles. The molecule has 3 aromatic rings. The Morgan fingerprint density at radius 3 is 2.65 bits per heavy atom. The molecule has 2 atom stereocenters. The van der Waals surface area contributed by atoms with Crippen molar-refractivity contribution in [3.63, 3.8) is 0 Å². The predicted octanol–water partition coefficient (Wildman–Crippen LogP) is 3.63. The summed E-state index contributed by atoms with van der Waals surface area (Å²) >= 11 is 0. The zero-order chi connectivity index (χ0) is 24.4. The van der Waals surface area contributed by atoms with Gasteiger partial charge in [0.1, 0.15) is 17.2 Å².